The summed E-state index contributed by atoms with van der Waals surface area (Å²) in [6.07, 6.45) is 1.72. The highest BCUT2D eigenvalue weighted by molar-refractivity contribution is 7.98. The minimum Gasteiger partial charge on any atom is -0.464 e. The van der Waals surface area contributed by atoms with Crippen LogP contribution in [0.2, 0.25) is 0 Å². The predicted octanol–water partition coefficient (Wildman–Crippen LogP) is 3.83. The van der Waals surface area contributed by atoms with E-state index in [2.05, 4.69) is 6.92 Å². The summed E-state index contributed by atoms with van der Waals surface area (Å²) in [5.41, 5.74) is 1.84. The van der Waals surface area contributed by atoms with Crippen LogP contribution in [-0.2, 0) is 5.75 Å². The van der Waals surface area contributed by atoms with Gasteiger partial charge < -0.3 is 4.42 Å². The highest BCUT2D eigenvalue weighted by Gasteiger charge is 2.06. The Balaban J connectivity index is 2.40. The molecule has 0 fully saturated rings. The summed E-state index contributed by atoms with van der Waals surface area (Å²) < 4.78 is 18.3. The van der Waals surface area contributed by atoms with Crippen molar-refractivity contribution in [3.05, 3.63) is 35.8 Å². The number of fused-ring (bicyclic) bond motifs is 1. The number of hydrogen-bond acceptors (Lipinski definition) is 2. The molecule has 1 aromatic heterocycles. The molecule has 0 aliphatic rings. The van der Waals surface area contributed by atoms with Gasteiger partial charge in [0.25, 0.3) is 0 Å². The Labute approximate surface area is 86.3 Å². The summed E-state index contributed by atoms with van der Waals surface area (Å²) in [7, 11) is 0. The van der Waals surface area contributed by atoms with Crippen molar-refractivity contribution in [2.24, 2.45) is 0 Å². The summed E-state index contributed by atoms with van der Waals surface area (Å²) in [6.45, 7) is 2.10. The highest BCUT2D eigenvalue weighted by atomic mass is 32.2. The van der Waals surface area contributed by atoms with Gasteiger partial charge in [0.1, 0.15) is 11.4 Å². The molecule has 0 amide bonds. The van der Waals surface area contributed by atoms with Crippen LogP contribution in [0.5, 0.6) is 0 Å². The van der Waals surface area contributed by atoms with Gasteiger partial charge >= 0.3 is 0 Å². The summed E-state index contributed by atoms with van der Waals surface area (Å²) >= 11 is 1.80. The maximum atomic E-state index is 13.0. The van der Waals surface area contributed by atoms with E-state index in [0.29, 0.717) is 0 Å². The number of benzene rings is 1. The van der Waals surface area contributed by atoms with Crippen LogP contribution in [0.25, 0.3) is 11.0 Å². The van der Waals surface area contributed by atoms with E-state index in [-0.39, 0.29) is 5.82 Å². The molecule has 0 N–H and O–H groups in total. The van der Waals surface area contributed by atoms with Crippen LogP contribution in [0, 0.1) is 5.82 Å². The van der Waals surface area contributed by atoms with Crippen molar-refractivity contribution in [3.8, 4) is 0 Å². The van der Waals surface area contributed by atoms with Gasteiger partial charge in [-0.15, -0.1) is 0 Å². The minimum absolute atomic E-state index is 0.207. The Bertz CT molecular complexity index is 436. The van der Waals surface area contributed by atoms with Gasteiger partial charge in [-0.2, -0.15) is 11.8 Å². The SMILES string of the molecule is CCSCc1coc2ccc(F)cc12. The Hall–Kier alpha value is -0.960. The van der Waals surface area contributed by atoms with Crippen molar-refractivity contribution in [3.63, 3.8) is 0 Å². The number of halogens is 1. The van der Waals surface area contributed by atoms with Gasteiger partial charge in [-0.1, -0.05) is 6.92 Å². The molecule has 14 heavy (non-hydrogen) atoms. The van der Waals surface area contributed by atoms with E-state index >= 15 is 0 Å². The Morgan fingerprint density at radius 2 is 2.29 bits per heavy atom. The zero-order valence-corrected chi connectivity index (χ0v) is 8.73. The topological polar surface area (TPSA) is 13.1 Å². The fourth-order valence-corrected chi connectivity index (χ4v) is 2.03. The molecule has 0 radical (unpaired) electrons. The minimum atomic E-state index is -0.207. The van der Waals surface area contributed by atoms with Crippen molar-refractivity contribution >= 4 is 22.7 Å². The lowest BCUT2D eigenvalue weighted by atomic mass is 10.2. The molecule has 1 aromatic carbocycles. The van der Waals surface area contributed by atoms with Gasteiger partial charge in [-0.05, 0) is 24.0 Å². The molecule has 0 aliphatic heterocycles. The van der Waals surface area contributed by atoms with E-state index in [9.17, 15) is 4.39 Å². The number of thioether (sulfide) groups is 1. The van der Waals surface area contributed by atoms with Gasteiger partial charge in [0.15, 0.2) is 0 Å². The van der Waals surface area contributed by atoms with Gasteiger partial charge in [0.2, 0.25) is 0 Å². The maximum Gasteiger partial charge on any atom is 0.134 e. The smallest absolute Gasteiger partial charge is 0.134 e. The molecular weight excluding hydrogens is 199 g/mol. The zero-order chi connectivity index (χ0) is 9.97. The van der Waals surface area contributed by atoms with Crippen molar-refractivity contribution < 1.29 is 8.81 Å². The Kier molecular flexibility index (Phi) is 2.77. The molecule has 3 heteroatoms. The third-order valence-electron chi connectivity index (χ3n) is 2.08. The average Bonchev–Trinajstić information content (AvgIpc) is 2.57. The van der Waals surface area contributed by atoms with Crippen LogP contribution in [0.3, 0.4) is 0 Å². The van der Waals surface area contributed by atoms with Crippen LogP contribution < -0.4 is 0 Å². The predicted molar refractivity (Wildman–Crippen MR) is 58.0 cm³/mol. The molecule has 0 spiro atoms. The van der Waals surface area contributed by atoms with Gasteiger partial charge in [-0.25, -0.2) is 4.39 Å². The second kappa shape index (κ2) is 4.05. The standard InChI is InChI=1S/C11H11FOS/c1-2-14-7-8-6-13-11-4-3-9(12)5-10(8)11/h3-6H,2,7H2,1H3. The van der Waals surface area contributed by atoms with Gasteiger partial charge in [0.05, 0.1) is 6.26 Å². The van der Waals surface area contributed by atoms with Crippen LogP contribution in [-0.4, -0.2) is 5.75 Å². The lowest BCUT2D eigenvalue weighted by Gasteiger charge is -1.95. The third kappa shape index (κ3) is 1.77. The summed E-state index contributed by atoms with van der Waals surface area (Å²) in [4.78, 5) is 0. The molecule has 0 aliphatic carbocycles. The van der Waals surface area contributed by atoms with Crippen LogP contribution >= 0.6 is 11.8 Å². The second-order valence-electron chi connectivity index (χ2n) is 3.04. The number of hydrogen-bond donors (Lipinski definition) is 0. The molecule has 0 atom stereocenters. The highest BCUT2D eigenvalue weighted by Crippen LogP contribution is 2.25. The molecule has 0 bridgehead atoms. The summed E-state index contributed by atoms with van der Waals surface area (Å²) in [5, 5.41) is 0.894. The molecule has 2 aromatic rings. The Morgan fingerprint density at radius 1 is 1.43 bits per heavy atom. The van der Waals surface area contributed by atoms with E-state index in [1.807, 2.05) is 0 Å². The summed E-state index contributed by atoms with van der Waals surface area (Å²) in [6, 6.07) is 4.62. The quantitative estimate of drug-likeness (QED) is 0.763. The number of furan rings is 1. The van der Waals surface area contributed by atoms with E-state index < -0.39 is 0 Å². The van der Waals surface area contributed by atoms with Crippen molar-refractivity contribution in [2.45, 2.75) is 12.7 Å². The van der Waals surface area contributed by atoms with E-state index in [4.69, 9.17) is 4.42 Å². The average molecular weight is 210 g/mol. The molecular formula is C11H11FOS. The van der Waals surface area contributed by atoms with Crippen molar-refractivity contribution in [1.82, 2.24) is 0 Å². The molecule has 2 rings (SSSR count). The van der Waals surface area contributed by atoms with E-state index in [1.54, 1.807) is 24.1 Å². The summed E-state index contributed by atoms with van der Waals surface area (Å²) in [5.74, 6) is 1.73. The monoisotopic (exact) mass is 210 g/mol. The van der Waals surface area contributed by atoms with Gasteiger partial charge in [0, 0.05) is 16.7 Å². The van der Waals surface area contributed by atoms with Crippen molar-refractivity contribution in [1.29, 1.82) is 0 Å². The molecule has 74 valence electrons. The first kappa shape index (κ1) is 9.59. The normalized spacial score (nSPS) is 11.0. The maximum absolute atomic E-state index is 13.0. The molecule has 0 saturated heterocycles. The van der Waals surface area contributed by atoms with E-state index in [0.717, 1.165) is 28.0 Å². The lowest BCUT2D eigenvalue weighted by Crippen LogP contribution is -1.79. The van der Waals surface area contributed by atoms with Crippen LogP contribution in [0.15, 0.2) is 28.9 Å². The lowest BCUT2D eigenvalue weighted by molar-refractivity contribution is 0.607. The third-order valence-corrected chi connectivity index (χ3v) is 3.00. The first-order chi connectivity index (χ1) is 6.81. The Morgan fingerprint density at radius 3 is 3.07 bits per heavy atom. The first-order valence-electron chi connectivity index (χ1n) is 4.54. The molecule has 1 nitrogen and oxygen atoms in total. The first-order valence-corrected chi connectivity index (χ1v) is 5.70. The fourth-order valence-electron chi connectivity index (χ4n) is 1.38. The van der Waals surface area contributed by atoms with Gasteiger partial charge in [-0.3, -0.25) is 0 Å². The van der Waals surface area contributed by atoms with Crippen molar-refractivity contribution in [2.75, 3.05) is 5.75 Å². The van der Waals surface area contributed by atoms with Crippen LogP contribution in [0.4, 0.5) is 4.39 Å². The fraction of sp³-hybridized carbons (Fsp3) is 0.273. The zero-order valence-electron chi connectivity index (χ0n) is 7.92. The molecule has 1 heterocycles. The largest absolute Gasteiger partial charge is 0.464 e. The van der Waals surface area contributed by atoms with E-state index in [1.165, 1.54) is 12.1 Å². The molecule has 0 saturated carbocycles. The molecule has 0 unspecified atom stereocenters. The number of rotatable bonds is 3. The second-order valence-corrected chi connectivity index (χ2v) is 4.31. The van der Waals surface area contributed by atoms with Crippen LogP contribution in [0.1, 0.15) is 12.5 Å².